The van der Waals surface area contributed by atoms with Crippen LogP contribution in [0.15, 0.2) is 42.5 Å². The van der Waals surface area contributed by atoms with E-state index in [9.17, 15) is 14.7 Å². The van der Waals surface area contributed by atoms with Crippen LogP contribution in [0, 0.1) is 11.3 Å². The third-order valence-corrected chi connectivity index (χ3v) is 5.03. The smallest absolute Gasteiger partial charge is 0.313 e. The molecule has 1 aromatic rings. The van der Waals surface area contributed by atoms with Crippen LogP contribution in [0.1, 0.15) is 6.92 Å². The number of rotatable bonds is 2. The van der Waals surface area contributed by atoms with Crippen molar-refractivity contribution < 1.29 is 19.4 Å². The van der Waals surface area contributed by atoms with Crippen LogP contribution in [0.25, 0.3) is 0 Å². The molecular weight excluding hydrogens is 270 g/mol. The van der Waals surface area contributed by atoms with Crippen LogP contribution >= 0.6 is 0 Å². The maximum Gasteiger partial charge on any atom is 0.313 e. The average molecular weight is 285 g/mol. The molecule has 108 valence electrons. The minimum Gasteiger partial charge on any atom is -0.481 e. The number of carbonyl (C=O) groups excluding carboxylic acids is 1. The number of benzene rings is 1. The van der Waals surface area contributed by atoms with Crippen molar-refractivity contribution in [3.05, 3.63) is 42.5 Å². The lowest BCUT2D eigenvalue weighted by atomic mass is 9.66. The fourth-order valence-electron chi connectivity index (χ4n) is 3.92. The second kappa shape index (κ2) is 3.74. The topological polar surface area (TPSA) is 66.8 Å². The van der Waals surface area contributed by atoms with Gasteiger partial charge in [0.2, 0.25) is 5.91 Å². The second-order valence-corrected chi connectivity index (χ2v) is 6.13. The van der Waals surface area contributed by atoms with Crippen LogP contribution in [-0.4, -0.2) is 35.2 Å². The average Bonchev–Trinajstić information content (AvgIpc) is 3.09. The molecule has 0 aromatic heterocycles. The van der Waals surface area contributed by atoms with Crippen LogP contribution in [0.4, 0.5) is 5.69 Å². The second-order valence-electron chi connectivity index (χ2n) is 6.13. The van der Waals surface area contributed by atoms with Crippen molar-refractivity contribution in [2.24, 2.45) is 11.3 Å². The number of nitrogens with zero attached hydrogens (tertiary/aromatic N) is 1. The molecule has 5 nitrogen and oxygen atoms in total. The lowest BCUT2D eigenvalue weighted by Gasteiger charge is -2.30. The summed E-state index contributed by atoms with van der Waals surface area (Å²) < 4.78 is 5.93. The Morgan fingerprint density at radius 1 is 1.38 bits per heavy atom. The van der Waals surface area contributed by atoms with Crippen molar-refractivity contribution in [1.29, 1.82) is 0 Å². The van der Waals surface area contributed by atoms with Gasteiger partial charge < -0.3 is 14.7 Å². The maximum absolute atomic E-state index is 12.8. The fourth-order valence-corrected chi connectivity index (χ4v) is 3.92. The highest BCUT2D eigenvalue weighted by Gasteiger charge is 2.73. The van der Waals surface area contributed by atoms with Crippen molar-refractivity contribution in [2.45, 2.75) is 18.6 Å². The quantitative estimate of drug-likeness (QED) is 0.835. The Labute approximate surface area is 121 Å². The molecule has 1 N–H and O–H groups in total. The monoisotopic (exact) mass is 285 g/mol. The van der Waals surface area contributed by atoms with Crippen LogP contribution in [0.2, 0.25) is 0 Å². The van der Waals surface area contributed by atoms with E-state index in [1.807, 2.05) is 36.4 Å². The minimum absolute atomic E-state index is 0.169. The van der Waals surface area contributed by atoms with E-state index in [-0.39, 0.29) is 5.91 Å². The van der Waals surface area contributed by atoms with Crippen molar-refractivity contribution >= 4 is 17.6 Å². The van der Waals surface area contributed by atoms with Gasteiger partial charge in [-0.3, -0.25) is 9.59 Å². The summed E-state index contributed by atoms with van der Waals surface area (Å²) in [5.74, 6) is -1.82. The van der Waals surface area contributed by atoms with E-state index in [4.69, 9.17) is 4.74 Å². The number of aliphatic carboxylic acids is 1. The summed E-state index contributed by atoms with van der Waals surface area (Å²) in [5, 5.41) is 9.63. The van der Waals surface area contributed by atoms with Crippen LogP contribution < -0.4 is 4.90 Å². The summed E-state index contributed by atoms with van der Waals surface area (Å²) in [6, 6.07) is 9.30. The third kappa shape index (κ3) is 1.34. The number of fused-ring (bicyclic) bond motifs is 1. The summed E-state index contributed by atoms with van der Waals surface area (Å²) >= 11 is 0. The molecule has 2 saturated heterocycles. The maximum atomic E-state index is 12.8. The van der Waals surface area contributed by atoms with E-state index >= 15 is 0 Å². The molecule has 2 fully saturated rings. The zero-order valence-corrected chi connectivity index (χ0v) is 11.5. The number of amides is 1. The summed E-state index contributed by atoms with van der Waals surface area (Å²) in [4.78, 5) is 26.2. The fraction of sp³-hybridized carbons (Fsp3) is 0.375. The SMILES string of the molecule is C[C@]1(C(=O)O)[C@H]2C=C[C@]3(CN(c4ccccc4)C(=O)[C@@H]13)O2. The first-order valence-electron chi connectivity index (χ1n) is 6.96. The number of para-hydroxylation sites is 1. The van der Waals surface area contributed by atoms with Gasteiger partial charge in [0.1, 0.15) is 11.0 Å². The molecule has 4 rings (SSSR count). The number of hydrogen-bond donors (Lipinski definition) is 1. The number of carbonyl (C=O) groups is 2. The molecule has 1 amide bonds. The molecule has 1 aromatic carbocycles. The molecular formula is C16H15NO4. The van der Waals surface area contributed by atoms with E-state index < -0.39 is 29.0 Å². The predicted octanol–water partition coefficient (Wildman–Crippen LogP) is 1.45. The first kappa shape index (κ1) is 12.6. The first-order valence-corrected chi connectivity index (χ1v) is 6.96. The standard InChI is InChI=1S/C16H15NO4/c1-15(14(19)20)11-7-8-16(21-11)9-17(13(18)12(15)16)10-5-3-2-4-6-10/h2-8,11-12H,9H2,1H3,(H,19,20)/t11-,12+,15+,16-/m1/s1. The van der Waals surface area contributed by atoms with E-state index in [2.05, 4.69) is 0 Å². The third-order valence-electron chi connectivity index (χ3n) is 5.03. The molecule has 4 atom stereocenters. The van der Waals surface area contributed by atoms with Crippen molar-refractivity contribution in [1.82, 2.24) is 0 Å². The Bertz CT molecular complexity index is 670. The van der Waals surface area contributed by atoms with E-state index in [1.54, 1.807) is 17.9 Å². The zero-order chi connectivity index (χ0) is 14.8. The highest BCUT2D eigenvalue weighted by Crippen LogP contribution is 2.58. The van der Waals surface area contributed by atoms with Gasteiger partial charge in [0.15, 0.2) is 0 Å². The molecule has 0 unspecified atom stereocenters. The summed E-state index contributed by atoms with van der Waals surface area (Å²) in [7, 11) is 0. The number of carboxylic acid groups (broad SMARTS) is 1. The van der Waals surface area contributed by atoms with E-state index in [0.717, 1.165) is 5.69 Å². The van der Waals surface area contributed by atoms with E-state index in [1.165, 1.54) is 0 Å². The Morgan fingerprint density at radius 2 is 2.10 bits per heavy atom. The van der Waals surface area contributed by atoms with Gasteiger partial charge in [-0.15, -0.1) is 0 Å². The Hall–Kier alpha value is -2.14. The molecule has 5 heteroatoms. The van der Waals surface area contributed by atoms with Gasteiger partial charge in [-0.25, -0.2) is 0 Å². The molecule has 1 spiro atoms. The number of carboxylic acids is 1. The van der Waals surface area contributed by atoms with Gasteiger partial charge in [0.25, 0.3) is 0 Å². The normalized spacial score (nSPS) is 39.9. The molecule has 0 saturated carbocycles. The highest BCUT2D eigenvalue weighted by molar-refractivity contribution is 6.03. The summed E-state index contributed by atoms with van der Waals surface area (Å²) in [6.07, 6.45) is 3.13. The molecule has 0 radical (unpaired) electrons. The number of anilines is 1. The van der Waals surface area contributed by atoms with Gasteiger partial charge in [-0.05, 0) is 19.1 Å². The zero-order valence-electron chi connectivity index (χ0n) is 11.5. The molecule has 3 aliphatic rings. The Balaban J connectivity index is 1.81. The Morgan fingerprint density at radius 3 is 2.76 bits per heavy atom. The van der Waals surface area contributed by atoms with Crippen molar-refractivity contribution in [3.8, 4) is 0 Å². The highest BCUT2D eigenvalue weighted by atomic mass is 16.5. The van der Waals surface area contributed by atoms with Gasteiger partial charge in [0, 0.05) is 5.69 Å². The largest absolute Gasteiger partial charge is 0.481 e. The Kier molecular flexibility index (Phi) is 2.24. The summed E-state index contributed by atoms with van der Waals surface area (Å²) in [5.41, 5.74) is -1.22. The van der Waals surface area contributed by atoms with Gasteiger partial charge in [-0.1, -0.05) is 30.4 Å². The van der Waals surface area contributed by atoms with Crippen LogP contribution in [0.5, 0.6) is 0 Å². The van der Waals surface area contributed by atoms with Crippen LogP contribution in [-0.2, 0) is 14.3 Å². The van der Waals surface area contributed by atoms with Gasteiger partial charge >= 0.3 is 5.97 Å². The van der Waals surface area contributed by atoms with Gasteiger partial charge in [-0.2, -0.15) is 0 Å². The minimum atomic E-state index is -1.20. The molecule has 2 bridgehead atoms. The van der Waals surface area contributed by atoms with E-state index in [0.29, 0.717) is 6.54 Å². The lowest BCUT2D eigenvalue weighted by Crippen LogP contribution is -2.47. The van der Waals surface area contributed by atoms with Gasteiger partial charge in [0.05, 0.1) is 18.6 Å². The van der Waals surface area contributed by atoms with Crippen molar-refractivity contribution in [3.63, 3.8) is 0 Å². The number of hydrogen-bond acceptors (Lipinski definition) is 3. The molecule has 3 heterocycles. The lowest BCUT2D eigenvalue weighted by molar-refractivity contribution is -0.154. The van der Waals surface area contributed by atoms with Crippen molar-refractivity contribution in [2.75, 3.05) is 11.4 Å². The summed E-state index contributed by atoms with van der Waals surface area (Å²) in [6.45, 7) is 1.98. The molecule has 21 heavy (non-hydrogen) atoms. The predicted molar refractivity (Wildman–Crippen MR) is 74.8 cm³/mol. The number of ether oxygens (including phenoxy) is 1. The first-order chi connectivity index (χ1) is 9.99. The van der Waals surface area contributed by atoms with Crippen LogP contribution in [0.3, 0.4) is 0 Å². The molecule has 0 aliphatic carbocycles. The molecule has 3 aliphatic heterocycles.